The Kier molecular flexibility index (Phi) is 5.83. The molecule has 3 N–H and O–H groups in total. The first-order valence-corrected chi connectivity index (χ1v) is 7.98. The van der Waals surface area contributed by atoms with Crippen molar-refractivity contribution in [2.45, 2.75) is 76.4 Å². The Labute approximate surface area is 121 Å². The maximum absolute atomic E-state index is 12.0. The molecule has 2 aliphatic rings. The smallest absolute Gasteiger partial charge is 0.237 e. The van der Waals surface area contributed by atoms with Crippen molar-refractivity contribution in [3.05, 3.63) is 0 Å². The summed E-state index contributed by atoms with van der Waals surface area (Å²) in [6.07, 6.45) is 8.58. The molecule has 1 unspecified atom stereocenters. The fourth-order valence-corrected chi connectivity index (χ4v) is 2.60. The van der Waals surface area contributed by atoms with Crippen molar-refractivity contribution in [2.75, 3.05) is 6.54 Å². The average molecular weight is 281 g/mol. The molecule has 5 heteroatoms. The van der Waals surface area contributed by atoms with E-state index in [1.165, 1.54) is 19.3 Å². The van der Waals surface area contributed by atoms with Crippen LogP contribution in [0.25, 0.3) is 0 Å². The van der Waals surface area contributed by atoms with Gasteiger partial charge in [0, 0.05) is 25.0 Å². The van der Waals surface area contributed by atoms with Crippen LogP contribution in [-0.4, -0.2) is 36.5 Å². The van der Waals surface area contributed by atoms with Gasteiger partial charge in [0.15, 0.2) is 0 Å². The van der Waals surface area contributed by atoms with Crippen molar-refractivity contribution in [3.63, 3.8) is 0 Å². The lowest BCUT2D eigenvalue weighted by Gasteiger charge is -2.24. The van der Waals surface area contributed by atoms with E-state index in [0.717, 1.165) is 25.7 Å². The molecule has 0 heterocycles. The summed E-state index contributed by atoms with van der Waals surface area (Å²) < 4.78 is 0. The summed E-state index contributed by atoms with van der Waals surface area (Å²) in [5.74, 6) is 0.138. The second-order valence-corrected chi connectivity index (χ2v) is 6.11. The average Bonchev–Trinajstić information content (AvgIpc) is 3.23. The van der Waals surface area contributed by atoms with Crippen LogP contribution in [0.15, 0.2) is 0 Å². The fourth-order valence-electron chi connectivity index (χ4n) is 2.60. The summed E-state index contributed by atoms with van der Waals surface area (Å²) in [6.45, 7) is 2.41. The highest BCUT2D eigenvalue weighted by Gasteiger charge is 2.23. The molecule has 0 aromatic rings. The molecule has 0 saturated heterocycles. The second-order valence-electron chi connectivity index (χ2n) is 6.11. The third-order valence-electron chi connectivity index (χ3n) is 4.09. The van der Waals surface area contributed by atoms with Gasteiger partial charge in [-0.2, -0.15) is 0 Å². The SMILES string of the molecule is CC(NCCC(=O)NC1CC1)C(=O)NC1CCCCC1. The normalized spacial score (nSPS) is 21.2. The molecule has 2 aliphatic carbocycles. The Hall–Kier alpha value is -1.10. The van der Waals surface area contributed by atoms with E-state index < -0.39 is 0 Å². The summed E-state index contributed by atoms with van der Waals surface area (Å²) in [7, 11) is 0. The van der Waals surface area contributed by atoms with E-state index >= 15 is 0 Å². The molecule has 114 valence electrons. The largest absolute Gasteiger partial charge is 0.353 e. The van der Waals surface area contributed by atoms with Crippen LogP contribution in [0.5, 0.6) is 0 Å². The van der Waals surface area contributed by atoms with Crippen LogP contribution in [0.3, 0.4) is 0 Å². The molecular formula is C15H27N3O2. The maximum atomic E-state index is 12.0. The molecule has 2 amide bonds. The maximum Gasteiger partial charge on any atom is 0.237 e. The van der Waals surface area contributed by atoms with Gasteiger partial charge < -0.3 is 16.0 Å². The zero-order valence-electron chi connectivity index (χ0n) is 12.4. The summed E-state index contributed by atoms with van der Waals surface area (Å²) in [4.78, 5) is 23.5. The monoisotopic (exact) mass is 281 g/mol. The minimum Gasteiger partial charge on any atom is -0.353 e. The lowest BCUT2D eigenvalue weighted by Crippen LogP contribution is -2.47. The molecule has 0 spiro atoms. The van der Waals surface area contributed by atoms with Crippen LogP contribution >= 0.6 is 0 Å². The van der Waals surface area contributed by atoms with E-state index in [1.54, 1.807) is 0 Å². The lowest BCUT2D eigenvalue weighted by atomic mass is 9.95. The number of hydrogen-bond donors (Lipinski definition) is 3. The Balaban J connectivity index is 1.56. The van der Waals surface area contributed by atoms with Gasteiger partial charge in [-0.1, -0.05) is 19.3 Å². The molecule has 5 nitrogen and oxygen atoms in total. The number of rotatable bonds is 7. The summed E-state index contributed by atoms with van der Waals surface area (Å²) >= 11 is 0. The minimum absolute atomic E-state index is 0.0551. The van der Waals surface area contributed by atoms with Gasteiger partial charge in [-0.25, -0.2) is 0 Å². The van der Waals surface area contributed by atoms with Gasteiger partial charge in [-0.3, -0.25) is 9.59 Å². The summed E-state index contributed by atoms with van der Waals surface area (Å²) in [6, 6.07) is 0.527. The second kappa shape index (κ2) is 7.62. The summed E-state index contributed by atoms with van der Waals surface area (Å²) in [5.41, 5.74) is 0. The van der Waals surface area contributed by atoms with Crippen LogP contribution in [-0.2, 0) is 9.59 Å². The third-order valence-corrected chi connectivity index (χ3v) is 4.09. The van der Waals surface area contributed by atoms with Crippen molar-refractivity contribution >= 4 is 11.8 Å². The first-order valence-electron chi connectivity index (χ1n) is 7.98. The van der Waals surface area contributed by atoms with Gasteiger partial charge in [0.05, 0.1) is 6.04 Å². The van der Waals surface area contributed by atoms with Gasteiger partial charge in [-0.15, -0.1) is 0 Å². The molecule has 0 radical (unpaired) electrons. The van der Waals surface area contributed by atoms with Crippen molar-refractivity contribution in [3.8, 4) is 0 Å². The fraction of sp³-hybridized carbons (Fsp3) is 0.867. The highest BCUT2D eigenvalue weighted by molar-refractivity contribution is 5.81. The molecule has 0 aromatic heterocycles. The molecule has 0 aliphatic heterocycles. The molecule has 0 bridgehead atoms. The van der Waals surface area contributed by atoms with Crippen molar-refractivity contribution in [2.24, 2.45) is 0 Å². The molecule has 2 fully saturated rings. The number of hydrogen-bond acceptors (Lipinski definition) is 3. The molecule has 0 aromatic carbocycles. The Bertz CT molecular complexity index is 336. The van der Waals surface area contributed by atoms with Crippen LogP contribution < -0.4 is 16.0 Å². The predicted octanol–water partition coefficient (Wildman–Crippen LogP) is 1.08. The molecule has 20 heavy (non-hydrogen) atoms. The Morgan fingerprint density at radius 3 is 2.30 bits per heavy atom. The van der Waals surface area contributed by atoms with Gasteiger partial charge >= 0.3 is 0 Å². The number of carbonyl (C=O) groups is 2. The van der Waals surface area contributed by atoms with Gasteiger partial charge in [-0.05, 0) is 32.6 Å². The van der Waals surface area contributed by atoms with Crippen molar-refractivity contribution in [1.82, 2.24) is 16.0 Å². The van der Waals surface area contributed by atoms with E-state index in [2.05, 4.69) is 16.0 Å². The zero-order valence-corrected chi connectivity index (χ0v) is 12.4. The highest BCUT2D eigenvalue weighted by atomic mass is 16.2. The quantitative estimate of drug-likeness (QED) is 0.654. The van der Waals surface area contributed by atoms with Gasteiger partial charge in [0.2, 0.25) is 11.8 Å². The van der Waals surface area contributed by atoms with E-state index in [1.807, 2.05) is 6.92 Å². The molecule has 2 saturated carbocycles. The van der Waals surface area contributed by atoms with Gasteiger partial charge in [0.25, 0.3) is 0 Å². The number of amides is 2. The van der Waals surface area contributed by atoms with E-state index in [0.29, 0.717) is 25.0 Å². The molecule has 1 atom stereocenters. The lowest BCUT2D eigenvalue weighted by molar-refractivity contribution is -0.124. The third kappa shape index (κ3) is 5.49. The van der Waals surface area contributed by atoms with E-state index in [9.17, 15) is 9.59 Å². The number of carbonyl (C=O) groups excluding carboxylic acids is 2. The molecule has 2 rings (SSSR count). The Morgan fingerprint density at radius 1 is 1.00 bits per heavy atom. The summed E-state index contributed by atoms with van der Waals surface area (Å²) in [5, 5.41) is 9.16. The Morgan fingerprint density at radius 2 is 1.65 bits per heavy atom. The predicted molar refractivity (Wildman–Crippen MR) is 78.3 cm³/mol. The first kappa shape index (κ1) is 15.3. The van der Waals surface area contributed by atoms with E-state index in [4.69, 9.17) is 0 Å². The minimum atomic E-state index is -0.231. The van der Waals surface area contributed by atoms with Crippen LogP contribution in [0, 0.1) is 0 Å². The van der Waals surface area contributed by atoms with Crippen molar-refractivity contribution in [1.29, 1.82) is 0 Å². The van der Waals surface area contributed by atoms with Crippen LogP contribution in [0.2, 0.25) is 0 Å². The molecular weight excluding hydrogens is 254 g/mol. The first-order chi connectivity index (χ1) is 9.65. The standard InChI is InChI=1S/C15H27N3O2/c1-11(15(20)18-12-5-3-2-4-6-12)16-10-9-14(19)17-13-7-8-13/h11-13,16H,2-10H2,1H3,(H,17,19)(H,18,20). The highest BCUT2D eigenvalue weighted by Crippen LogP contribution is 2.18. The van der Waals surface area contributed by atoms with Crippen molar-refractivity contribution < 1.29 is 9.59 Å². The van der Waals surface area contributed by atoms with Crippen LogP contribution in [0.4, 0.5) is 0 Å². The topological polar surface area (TPSA) is 70.2 Å². The van der Waals surface area contributed by atoms with E-state index in [-0.39, 0.29) is 17.9 Å². The van der Waals surface area contributed by atoms with Gasteiger partial charge in [0.1, 0.15) is 0 Å². The van der Waals surface area contributed by atoms with Crippen LogP contribution in [0.1, 0.15) is 58.3 Å². The number of nitrogens with one attached hydrogen (secondary N) is 3. The zero-order chi connectivity index (χ0) is 14.4.